The molecule has 2 rings (SSSR count). The topological polar surface area (TPSA) is 0 Å². The molecule has 12 heavy (non-hydrogen) atoms. The Morgan fingerprint density at radius 3 is 2.67 bits per heavy atom. The molecule has 2 aromatic rings. The van der Waals surface area contributed by atoms with Crippen molar-refractivity contribution < 1.29 is 0 Å². The molecule has 0 aliphatic carbocycles. The number of benzene rings is 2. The van der Waals surface area contributed by atoms with Crippen LogP contribution in [0.5, 0.6) is 0 Å². The number of thiol groups is 1. The van der Waals surface area contributed by atoms with E-state index >= 15 is 0 Å². The predicted octanol–water partition coefficient (Wildman–Crippen LogP) is 3.78. The van der Waals surface area contributed by atoms with Crippen LogP contribution in [0, 0.1) is 0 Å². The zero-order valence-electron chi connectivity index (χ0n) is 6.29. The Morgan fingerprint density at radius 2 is 1.83 bits per heavy atom. The average molecular weight is 195 g/mol. The fourth-order valence-electron chi connectivity index (χ4n) is 1.25. The molecular formula is C10H7ClS. The lowest BCUT2D eigenvalue weighted by Gasteiger charge is -2.00. The fourth-order valence-corrected chi connectivity index (χ4v) is 1.90. The minimum Gasteiger partial charge on any atom is -0.143 e. The number of fused-ring (bicyclic) bond motifs is 1. The second-order valence-electron chi connectivity index (χ2n) is 2.65. The summed E-state index contributed by atoms with van der Waals surface area (Å²) in [5, 5.41) is 3.01. The molecule has 0 saturated heterocycles. The van der Waals surface area contributed by atoms with Crippen molar-refractivity contribution in [3.63, 3.8) is 0 Å². The van der Waals surface area contributed by atoms with Gasteiger partial charge in [-0.15, -0.1) is 12.6 Å². The number of halogens is 1. The normalized spacial score (nSPS) is 10.5. The van der Waals surface area contributed by atoms with Crippen LogP contribution < -0.4 is 0 Å². The maximum atomic E-state index is 5.88. The molecule has 0 N–H and O–H groups in total. The summed E-state index contributed by atoms with van der Waals surface area (Å²) >= 11 is 10.2. The van der Waals surface area contributed by atoms with Crippen LogP contribution in [0.25, 0.3) is 10.8 Å². The Bertz CT molecular complexity index is 423. The smallest absolute Gasteiger partial charge is 0.0423 e. The summed E-state index contributed by atoms with van der Waals surface area (Å²) in [6.45, 7) is 0. The lowest BCUT2D eigenvalue weighted by Crippen LogP contribution is -1.74. The van der Waals surface area contributed by atoms with Crippen molar-refractivity contribution >= 4 is 35.0 Å². The average Bonchev–Trinajstić information content (AvgIpc) is 2.04. The molecule has 0 nitrogen and oxygen atoms in total. The first-order chi connectivity index (χ1) is 5.77. The molecule has 0 radical (unpaired) electrons. The zero-order valence-corrected chi connectivity index (χ0v) is 7.94. The van der Waals surface area contributed by atoms with Gasteiger partial charge in [0.15, 0.2) is 0 Å². The minimum absolute atomic E-state index is 0.735. The van der Waals surface area contributed by atoms with E-state index in [9.17, 15) is 0 Å². The Balaban J connectivity index is 2.89. The first-order valence-electron chi connectivity index (χ1n) is 3.64. The Kier molecular flexibility index (Phi) is 1.99. The molecular weight excluding hydrogens is 188 g/mol. The maximum absolute atomic E-state index is 5.88. The van der Waals surface area contributed by atoms with Crippen molar-refractivity contribution in [1.29, 1.82) is 0 Å². The van der Waals surface area contributed by atoms with Gasteiger partial charge in [0.25, 0.3) is 0 Å². The van der Waals surface area contributed by atoms with E-state index in [1.165, 1.54) is 0 Å². The molecule has 2 aromatic carbocycles. The molecule has 0 aliphatic rings. The van der Waals surface area contributed by atoms with E-state index in [1.807, 2.05) is 36.4 Å². The minimum atomic E-state index is 0.735. The van der Waals surface area contributed by atoms with Crippen molar-refractivity contribution in [1.82, 2.24) is 0 Å². The molecule has 0 unspecified atom stereocenters. The highest BCUT2D eigenvalue weighted by Gasteiger charge is 1.97. The summed E-state index contributed by atoms with van der Waals surface area (Å²) in [6, 6.07) is 11.8. The summed E-state index contributed by atoms with van der Waals surface area (Å²) in [6.07, 6.45) is 0. The van der Waals surface area contributed by atoms with Crippen LogP contribution >= 0.6 is 24.2 Å². The van der Waals surface area contributed by atoms with Gasteiger partial charge in [-0.1, -0.05) is 35.9 Å². The summed E-state index contributed by atoms with van der Waals surface area (Å²) in [4.78, 5) is 0.929. The molecule has 2 heteroatoms. The van der Waals surface area contributed by atoms with Gasteiger partial charge >= 0.3 is 0 Å². The van der Waals surface area contributed by atoms with Crippen molar-refractivity contribution in [3.8, 4) is 0 Å². The highest BCUT2D eigenvalue weighted by atomic mass is 35.5. The molecule has 0 bridgehead atoms. The Morgan fingerprint density at radius 1 is 1.08 bits per heavy atom. The van der Waals surface area contributed by atoms with E-state index in [4.69, 9.17) is 11.6 Å². The summed E-state index contributed by atoms with van der Waals surface area (Å²) < 4.78 is 0. The Hall–Kier alpha value is -0.660. The molecule has 60 valence electrons. The molecule has 0 aromatic heterocycles. The van der Waals surface area contributed by atoms with Gasteiger partial charge in [-0.05, 0) is 22.9 Å². The van der Waals surface area contributed by atoms with Crippen LogP contribution in [-0.4, -0.2) is 0 Å². The summed E-state index contributed by atoms with van der Waals surface area (Å²) in [5.74, 6) is 0. The van der Waals surface area contributed by atoms with Crippen LogP contribution in [0.15, 0.2) is 41.3 Å². The van der Waals surface area contributed by atoms with Gasteiger partial charge in [-0.3, -0.25) is 0 Å². The maximum Gasteiger partial charge on any atom is 0.0423 e. The van der Waals surface area contributed by atoms with Crippen molar-refractivity contribution in [2.75, 3.05) is 0 Å². The van der Waals surface area contributed by atoms with E-state index in [-0.39, 0.29) is 0 Å². The van der Waals surface area contributed by atoms with Crippen molar-refractivity contribution in [3.05, 3.63) is 41.4 Å². The molecule has 0 spiro atoms. The van der Waals surface area contributed by atoms with E-state index in [2.05, 4.69) is 12.6 Å². The van der Waals surface area contributed by atoms with Crippen LogP contribution in [0.3, 0.4) is 0 Å². The van der Waals surface area contributed by atoms with Gasteiger partial charge < -0.3 is 0 Å². The molecule has 0 heterocycles. The second kappa shape index (κ2) is 3.00. The molecule has 0 amide bonds. The number of hydrogen-bond acceptors (Lipinski definition) is 1. The lowest BCUT2D eigenvalue weighted by atomic mass is 10.1. The summed E-state index contributed by atoms with van der Waals surface area (Å²) in [5.41, 5.74) is 0. The standard InChI is InChI=1S/C10H7ClS/c11-8-5-7-3-1-2-4-9(7)10(12)6-8/h1-6,12H. The SMILES string of the molecule is Sc1cc(Cl)cc2ccccc12. The highest BCUT2D eigenvalue weighted by Crippen LogP contribution is 2.25. The first kappa shape index (κ1) is 7.96. The van der Waals surface area contributed by atoms with E-state index < -0.39 is 0 Å². The van der Waals surface area contributed by atoms with Gasteiger partial charge in [0, 0.05) is 9.92 Å². The second-order valence-corrected chi connectivity index (χ2v) is 3.56. The van der Waals surface area contributed by atoms with Crippen LogP contribution in [-0.2, 0) is 0 Å². The quantitative estimate of drug-likeness (QED) is 0.607. The van der Waals surface area contributed by atoms with E-state index in [1.54, 1.807) is 0 Å². The van der Waals surface area contributed by atoms with E-state index in [0.717, 1.165) is 20.7 Å². The van der Waals surface area contributed by atoms with E-state index in [0.29, 0.717) is 0 Å². The van der Waals surface area contributed by atoms with Crippen molar-refractivity contribution in [2.24, 2.45) is 0 Å². The third kappa shape index (κ3) is 1.30. The largest absolute Gasteiger partial charge is 0.143 e. The number of hydrogen-bond donors (Lipinski definition) is 1. The van der Waals surface area contributed by atoms with Gasteiger partial charge in [-0.25, -0.2) is 0 Å². The molecule has 0 fully saturated rings. The fraction of sp³-hybridized carbons (Fsp3) is 0. The van der Waals surface area contributed by atoms with Crippen LogP contribution in [0.4, 0.5) is 0 Å². The van der Waals surface area contributed by atoms with Crippen LogP contribution in [0.2, 0.25) is 5.02 Å². The van der Waals surface area contributed by atoms with Gasteiger partial charge in [0.1, 0.15) is 0 Å². The Labute approximate surface area is 81.6 Å². The third-order valence-electron chi connectivity index (χ3n) is 1.80. The first-order valence-corrected chi connectivity index (χ1v) is 4.47. The van der Waals surface area contributed by atoms with Crippen LogP contribution in [0.1, 0.15) is 0 Å². The lowest BCUT2D eigenvalue weighted by molar-refractivity contribution is 1.56. The summed E-state index contributed by atoms with van der Waals surface area (Å²) in [7, 11) is 0. The zero-order chi connectivity index (χ0) is 8.55. The third-order valence-corrected chi connectivity index (χ3v) is 2.39. The van der Waals surface area contributed by atoms with Gasteiger partial charge in [0.05, 0.1) is 0 Å². The number of rotatable bonds is 0. The molecule has 0 saturated carbocycles. The van der Waals surface area contributed by atoms with Gasteiger partial charge in [0.2, 0.25) is 0 Å². The van der Waals surface area contributed by atoms with Crippen molar-refractivity contribution in [2.45, 2.75) is 4.90 Å². The highest BCUT2D eigenvalue weighted by molar-refractivity contribution is 7.80. The molecule has 0 aliphatic heterocycles. The monoisotopic (exact) mass is 194 g/mol. The predicted molar refractivity (Wildman–Crippen MR) is 56.2 cm³/mol. The van der Waals surface area contributed by atoms with Gasteiger partial charge in [-0.2, -0.15) is 0 Å². The molecule has 0 atom stereocenters.